The van der Waals surface area contributed by atoms with Crippen LogP contribution in [0.2, 0.25) is 0 Å². The third-order valence-corrected chi connectivity index (χ3v) is 3.45. The monoisotopic (exact) mass is 228 g/mol. The van der Waals surface area contributed by atoms with E-state index < -0.39 is 0 Å². The maximum Gasteiger partial charge on any atom is 0.0669 e. The highest BCUT2D eigenvalue weighted by Gasteiger charge is 2.15. The number of piperidine rings is 1. The molecule has 0 N–H and O–H groups in total. The molecule has 2 heteroatoms. The highest BCUT2D eigenvalue weighted by molar-refractivity contribution is 5.24. The zero-order chi connectivity index (χ0) is 12.1. The third-order valence-electron chi connectivity index (χ3n) is 3.45. The highest BCUT2D eigenvalue weighted by Crippen LogP contribution is 2.18. The van der Waals surface area contributed by atoms with E-state index in [4.69, 9.17) is 5.26 Å². The van der Waals surface area contributed by atoms with Crippen molar-refractivity contribution in [1.29, 1.82) is 5.26 Å². The van der Waals surface area contributed by atoms with Crippen LogP contribution in [-0.4, -0.2) is 18.0 Å². The second-order valence-electron chi connectivity index (χ2n) is 5.13. The molecule has 1 aromatic carbocycles. The summed E-state index contributed by atoms with van der Waals surface area (Å²) in [4.78, 5) is 2.54. The van der Waals surface area contributed by atoms with Crippen LogP contribution in [-0.2, 0) is 13.0 Å². The number of nitrogens with zero attached hydrogens (tertiary/aromatic N) is 2. The first-order valence-corrected chi connectivity index (χ1v) is 6.45. The summed E-state index contributed by atoms with van der Waals surface area (Å²) in [7, 11) is 0. The smallest absolute Gasteiger partial charge is 0.0669 e. The largest absolute Gasteiger partial charge is 0.299 e. The molecule has 1 aromatic rings. The van der Waals surface area contributed by atoms with Crippen LogP contribution in [0.4, 0.5) is 0 Å². The van der Waals surface area contributed by atoms with E-state index in [2.05, 4.69) is 42.2 Å². The molecule has 0 aliphatic carbocycles. The molecule has 0 saturated carbocycles. The molecule has 1 heterocycles. The van der Waals surface area contributed by atoms with Gasteiger partial charge in [0.05, 0.1) is 12.5 Å². The summed E-state index contributed by atoms with van der Waals surface area (Å²) in [6.45, 7) is 5.84. The van der Waals surface area contributed by atoms with Crippen molar-refractivity contribution in [2.24, 2.45) is 5.92 Å². The predicted molar refractivity (Wildman–Crippen MR) is 69.4 cm³/mol. The molecular weight excluding hydrogens is 208 g/mol. The standard InChI is InChI=1S/C15H20N2/c1-13-3-2-10-17(11-13)12-15-6-4-14(5-7-15)8-9-16/h4-7,13H,2-3,8,10-12H2,1H3. The molecule has 1 fully saturated rings. The molecule has 17 heavy (non-hydrogen) atoms. The van der Waals surface area contributed by atoms with E-state index in [0.717, 1.165) is 18.0 Å². The lowest BCUT2D eigenvalue weighted by molar-refractivity contribution is 0.176. The number of benzene rings is 1. The Morgan fingerprint density at radius 1 is 1.29 bits per heavy atom. The summed E-state index contributed by atoms with van der Waals surface area (Å²) < 4.78 is 0. The average Bonchev–Trinajstić information content (AvgIpc) is 2.32. The van der Waals surface area contributed by atoms with Gasteiger partial charge in [0.1, 0.15) is 0 Å². The minimum atomic E-state index is 0.515. The lowest BCUT2D eigenvalue weighted by Crippen LogP contribution is -2.33. The average molecular weight is 228 g/mol. The Morgan fingerprint density at radius 3 is 2.65 bits per heavy atom. The van der Waals surface area contributed by atoms with Crippen molar-refractivity contribution in [1.82, 2.24) is 4.90 Å². The zero-order valence-electron chi connectivity index (χ0n) is 10.5. The quantitative estimate of drug-likeness (QED) is 0.795. The fourth-order valence-electron chi connectivity index (χ4n) is 2.54. The number of likely N-dealkylation sites (tertiary alicyclic amines) is 1. The molecule has 0 aromatic heterocycles. The van der Waals surface area contributed by atoms with Crippen LogP contribution in [0.3, 0.4) is 0 Å². The van der Waals surface area contributed by atoms with Gasteiger partial charge in [-0.15, -0.1) is 0 Å². The summed E-state index contributed by atoms with van der Waals surface area (Å²) in [6, 6.07) is 10.6. The van der Waals surface area contributed by atoms with Gasteiger partial charge in [0.25, 0.3) is 0 Å². The van der Waals surface area contributed by atoms with Crippen LogP contribution < -0.4 is 0 Å². The van der Waals surface area contributed by atoms with Crippen LogP contribution in [0, 0.1) is 17.2 Å². The topological polar surface area (TPSA) is 27.0 Å². The van der Waals surface area contributed by atoms with Crippen LogP contribution >= 0.6 is 0 Å². The molecular formula is C15H20N2. The summed E-state index contributed by atoms with van der Waals surface area (Å²) in [5.41, 5.74) is 2.48. The fraction of sp³-hybridized carbons (Fsp3) is 0.533. The van der Waals surface area contributed by atoms with E-state index in [1.807, 2.05) is 0 Å². The van der Waals surface area contributed by atoms with E-state index >= 15 is 0 Å². The SMILES string of the molecule is CC1CCCN(Cc2ccc(CC#N)cc2)C1. The summed E-state index contributed by atoms with van der Waals surface area (Å²) >= 11 is 0. The van der Waals surface area contributed by atoms with Crippen molar-refractivity contribution in [3.63, 3.8) is 0 Å². The first-order valence-electron chi connectivity index (χ1n) is 6.45. The molecule has 0 spiro atoms. The minimum Gasteiger partial charge on any atom is -0.299 e. The van der Waals surface area contributed by atoms with Crippen molar-refractivity contribution in [3.8, 4) is 6.07 Å². The van der Waals surface area contributed by atoms with Crippen molar-refractivity contribution in [3.05, 3.63) is 35.4 Å². The molecule has 1 atom stereocenters. The van der Waals surface area contributed by atoms with Gasteiger partial charge in [0.2, 0.25) is 0 Å². The van der Waals surface area contributed by atoms with Crippen molar-refractivity contribution >= 4 is 0 Å². The number of nitriles is 1. The normalized spacial score (nSPS) is 21.1. The Kier molecular flexibility index (Phi) is 4.17. The van der Waals surface area contributed by atoms with Crippen molar-refractivity contribution < 1.29 is 0 Å². The summed E-state index contributed by atoms with van der Waals surface area (Å²) in [6.07, 6.45) is 3.21. The van der Waals surface area contributed by atoms with E-state index in [0.29, 0.717) is 6.42 Å². The van der Waals surface area contributed by atoms with Gasteiger partial charge in [-0.2, -0.15) is 5.26 Å². The van der Waals surface area contributed by atoms with Gasteiger partial charge >= 0.3 is 0 Å². The molecule has 2 nitrogen and oxygen atoms in total. The maximum atomic E-state index is 8.62. The van der Waals surface area contributed by atoms with E-state index in [1.165, 1.54) is 31.5 Å². The maximum absolute atomic E-state index is 8.62. The molecule has 90 valence electrons. The van der Waals surface area contributed by atoms with Gasteiger partial charge < -0.3 is 0 Å². The van der Waals surface area contributed by atoms with Crippen LogP contribution in [0.15, 0.2) is 24.3 Å². The van der Waals surface area contributed by atoms with Gasteiger partial charge in [-0.05, 0) is 36.4 Å². The second-order valence-corrected chi connectivity index (χ2v) is 5.13. The summed E-state index contributed by atoms with van der Waals surface area (Å²) in [5.74, 6) is 0.835. The molecule has 2 rings (SSSR count). The van der Waals surface area contributed by atoms with Crippen molar-refractivity contribution in [2.45, 2.75) is 32.7 Å². The van der Waals surface area contributed by atoms with Gasteiger partial charge in [-0.3, -0.25) is 4.90 Å². The fourth-order valence-corrected chi connectivity index (χ4v) is 2.54. The zero-order valence-corrected chi connectivity index (χ0v) is 10.5. The molecule has 0 radical (unpaired) electrons. The van der Waals surface area contributed by atoms with Gasteiger partial charge in [-0.1, -0.05) is 31.2 Å². The highest BCUT2D eigenvalue weighted by atomic mass is 15.1. The van der Waals surface area contributed by atoms with Gasteiger partial charge in [-0.25, -0.2) is 0 Å². The molecule has 1 saturated heterocycles. The van der Waals surface area contributed by atoms with E-state index in [-0.39, 0.29) is 0 Å². The van der Waals surface area contributed by atoms with Gasteiger partial charge in [0.15, 0.2) is 0 Å². The molecule has 0 bridgehead atoms. The predicted octanol–water partition coefficient (Wildman–Crippen LogP) is 2.98. The Bertz CT molecular complexity index is 388. The van der Waals surface area contributed by atoms with Crippen molar-refractivity contribution in [2.75, 3.05) is 13.1 Å². The minimum absolute atomic E-state index is 0.515. The van der Waals surface area contributed by atoms with E-state index in [1.54, 1.807) is 0 Å². The Morgan fingerprint density at radius 2 is 2.00 bits per heavy atom. The Balaban J connectivity index is 1.92. The molecule has 1 aliphatic heterocycles. The van der Waals surface area contributed by atoms with Gasteiger partial charge in [0, 0.05) is 13.1 Å². The first-order chi connectivity index (χ1) is 8.28. The molecule has 1 aliphatic rings. The Hall–Kier alpha value is -1.33. The molecule has 1 unspecified atom stereocenters. The lowest BCUT2D eigenvalue weighted by atomic mass is 9.99. The van der Waals surface area contributed by atoms with Crippen LogP contribution in [0.1, 0.15) is 30.9 Å². The number of rotatable bonds is 3. The first kappa shape index (κ1) is 12.1. The third kappa shape index (κ3) is 3.57. The second kappa shape index (κ2) is 5.84. The molecule has 0 amide bonds. The van der Waals surface area contributed by atoms with Crippen LogP contribution in [0.25, 0.3) is 0 Å². The number of hydrogen-bond donors (Lipinski definition) is 0. The van der Waals surface area contributed by atoms with E-state index in [9.17, 15) is 0 Å². The Labute approximate surface area is 104 Å². The summed E-state index contributed by atoms with van der Waals surface area (Å²) in [5, 5.41) is 8.62. The lowest BCUT2D eigenvalue weighted by Gasteiger charge is -2.30. The number of hydrogen-bond acceptors (Lipinski definition) is 2. The van der Waals surface area contributed by atoms with Crippen LogP contribution in [0.5, 0.6) is 0 Å².